The summed E-state index contributed by atoms with van der Waals surface area (Å²) in [6, 6.07) is 0. The molecule has 13 heteroatoms. The molecule has 0 aromatic heterocycles. The van der Waals surface area contributed by atoms with Gasteiger partial charge in [-0.2, -0.15) is 0 Å². The number of ether oxygens (including phenoxy) is 4. The summed E-state index contributed by atoms with van der Waals surface area (Å²) in [5.41, 5.74) is 0. The number of nitrogens with one attached hydrogen (secondary N) is 1. The third kappa shape index (κ3) is 6.83. The molecule has 0 spiro atoms. The molecule has 2 saturated heterocycles. The lowest BCUT2D eigenvalue weighted by Gasteiger charge is -2.35. The molecule has 190 valence electrons. The smallest absolute Gasteiger partial charge is 0.353 e. The molecular weight excluding hydrogens is 464 g/mol. The van der Waals surface area contributed by atoms with Crippen LogP contribution in [0.3, 0.4) is 0 Å². The molecule has 1 unspecified atom stereocenters. The third-order valence-corrected chi connectivity index (χ3v) is 8.95. The van der Waals surface area contributed by atoms with Crippen molar-refractivity contribution in [2.75, 3.05) is 33.5 Å². The molecule has 11 nitrogen and oxygen atoms in total. The van der Waals surface area contributed by atoms with Crippen molar-refractivity contribution in [3.8, 4) is 0 Å². The lowest BCUT2D eigenvalue weighted by atomic mass is 10.1. The van der Waals surface area contributed by atoms with E-state index < -0.39 is 51.5 Å². The molecule has 0 aromatic rings. The van der Waals surface area contributed by atoms with Crippen LogP contribution in [0.25, 0.3) is 0 Å². The average Bonchev–Trinajstić information content (AvgIpc) is 3.22. The largest absolute Gasteiger partial charge is 0.406 e. The topological polar surface area (TPSA) is 120 Å². The van der Waals surface area contributed by atoms with Crippen LogP contribution in [-0.2, 0) is 46.2 Å². The quantitative estimate of drug-likeness (QED) is 0.326. The Morgan fingerprint density at radius 1 is 0.906 bits per heavy atom. The van der Waals surface area contributed by atoms with E-state index in [0.29, 0.717) is 12.8 Å². The maximum atomic E-state index is 13.9. The van der Waals surface area contributed by atoms with Crippen molar-refractivity contribution >= 4 is 15.3 Å². The highest BCUT2D eigenvalue weighted by molar-refractivity contribution is 7.57. The van der Waals surface area contributed by atoms with Crippen molar-refractivity contribution < 1.29 is 46.2 Å². The number of methoxy groups -OCH3 is 1. The average molecular weight is 503 g/mol. The monoisotopic (exact) mass is 503 g/mol. The maximum Gasteiger partial charge on any atom is 0.406 e. The van der Waals surface area contributed by atoms with Crippen LogP contribution in [0.2, 0.25) is 0 Å². The van der Waals surface area contributed by atoms with Gasteiger partial charge in [0.05, 0.1) is 26.4 Å². The molecule has 0 amide bonds. The predicted octanol–water partition coefficient (Wildman–Crippen LogP) is 4.02. The molecule has 0 saturated carbocycles. The summed E-state index contributed by atoms with van der Waals surface area (Å²) in [5, 5.41) is 2.82. The van der Waals surface area contributed by atoms with Gasteiger partial charge >= 0.3 is 15.3 Å². The van der Waals surface area contributed by atoms with Crippen LogP contribution in [0.5, 0.6) is 0 Å². The van der Waals surface area contributed by atoms with Gasteiger partial charge in [-0.25, -0.2) is 9.65 Å². The number of hydrogen-bond donors (Lipinski definition) is 1. The van der Waals surface area contributed by atoms with Crippen molar-refractivity contribution in [1.29, 1.82) is 0 Å². The van der Waals surface area contributed by atoms with E-state index in [1.807, 2.05) is 13.8 Å². The zero-order valence-corrected chi connectivity index (χ0v) is 21.9. The number of rotatable bonds is 15. The second-order valence-electron chi connectivity index (χ2n) is 7.88. The van der Waals surface area contributed by atoms with Crippen LogP contribution in [0.4, 0.5) is 0 Å². The first-order chi connectivity index (χ1) is 15.1. The van der Waals surface area contributed by atoms with E-state index >= 15 is 0 Å². The van der Waals surface area contributed by atoms with E-state index in [9.17, 15) is 9.13 Å². The molecule has 2 heterocycles. The van der Waals surface area contributed by atoms with Gasteiger partial charge in [0.25, 0.3) is 0 Å². The molecule has 1 N–H and O–H groups in total. The highest BCUT2D eigenvalue weighted by Gasteiger charge is 2.62. The fourth-order valence-electron chi connectivity index (χ4n) is 3.61. The zero-order valence-electron chi connectivity index (χ0n) is 20.1. The summed E-state index contributed by atoms with van der Waals surface area (Å²) in [5.74, 6) is -2.15. The van der Waals surface area contributed by atoms with Gasteiger partial charge in [0.2, 0.25) is 0 Å². The van der Waals surface area contributed by atoms with Gasteiger partial charge in [-0.1, -0.05) is 13.8 Å². The Balaban J connectivity index is 2.46. The van der Waals surface area contributed by atoms with Crippen molar-refractivity contribution in [2.24, 2.45) is 0 Å². The summed E-state index contributed by atoms with van der Waals surface area (Å²) in [4.78, 5) is 0. The number of fused-ring (bicyclic) bond motifs is 1. The van der Waals surface area contributed by atoms with Gasteiger partial charge in [-0.3, -0.25) is 13.6 Å². The van der Waals surface area contributed by atoms with E-state index in [-0.39, 0.29) is 26.4 Å². The van der Waals surface area contributed by atoms with Crippen LogP contribution in [-0.4, -0.2) is 69.7 Å². The number of hydrogen-bond acceptors (Lipinski definition) is 10. The molecule has 32 heavy (non-hydrogen) atoms. The van der Waals surface area contributed by atoms with Crippen LogP contribution < -0.4 is 5.09 Å². The maximum absolute atomic E-state index is 13.9. The molecule has 5 atom stereocenters. The second kappa shape index (κ2) is 12.2. The Bertz CT molecular complexity index is 656. The van der Waals surface area contributed by atoms with Gasteiger partial charge in [0, 0.05) is 7.11 Å². The molecule has 2 rings (SSSR count). The lowest BCUT2D eigenvalue weighted by Crippen LogP contribution is -2.46. The standard InChI is InChI=1S/C19H39NO10P2/c1-8-12-26-32(22,27-13-9-2)20-17(31(21,24-10-3)25-11-4)15-14-16(18(23-7)28-15)30-19(5,6)29-14/h14-18H,8-13H2,1-7H3,(H,20,22)/t14-,15+,16-,17?,18-/m1/s1. The molecule has 0 radical (unpaired) electrons. The Labute approximate surface area is 191 Å². The SMILES string of the molecule is CCCOP(=O)(NC([C@H]1O[C@@H](OC)[C@@H]2OC(C)(C)O[C@@H]21)P(=O)(OCC)OCC)OCCC. The predicted molar refractivity (Wildman–Crippen MR) is 117 cm³/mol. The molecule has 0 aromatic carbocycles. The fourth-order valence-corrected chi connectivity index (χ4v) is 7.86. The van der Waals surface area contributed by atoms with E-state index in [0.717, 1.165) is 0 Å². The van der Waals surface area contributed by atoms with Gasteiger partial charge in [0.1, 0.15) is 24.1 Å². The molecule has 2 fully saturated rings. The van der Waals surface area contributed by atoms with Crippen molar-refractivity contribution in [2.45, 2.75) is 90.6 Å². The van der Waals surface area contributed by atoms with Crippen molar-refractivity contribution in [3.63, 3.8) is 0 Å². The zero-order chi connectivity index (χ0) is 24.0. The van der Waals surface area contributed by atoms with Crippen molar-refractivity contribution in [1.82, 2.24) is 5.09 Å². The van der Waals surface area contributed by atoms with Crippen LogP contribution >= 0.6 is 15.3 Å². The normalized spacial score (nSPS) is 28.7. The minimum Gasteiger partial charge on any atom is -0.353 e. The first-order valence-corrected chi connectivity index (χ1v) is 14.3. The summed E-state index contributed by atoms with van der Waals surface area (Å²) in [6.07, 6.45) is -1.79. The van der Waals surface area contributed by atoms with E-state index in [1.165, 1.54) is 7.11 Å². The minimum atomic E-state index is -3.93. The highest BCUT2D eigenvalue weighted by atomic mass is 31.2. The highest BCUT2D eigenvalue weighted by Crippen LogP contribution is 2.60. The Hall–Kier alpha value is 0.1000. The summed E-state index contributed by atoms with van der Waals surface area (Å²) < 4.78 is 73.3. The Morgan fingerprint density at radius 2 is 1.44 bits per heavy atom. The van der Waals surface area contributed by atoms with E-state index in [1.54, 1.807) is 27.7 Å². The van der Waals surface area contributed by atoms with Gasteiger partial charge in [-0.05, 0) is 40.5 Å². The Morgan fingerprint density at radius 3 is 1.91 bits per heavy atom. The first kappa shape index (κ1) is 28.3. The third-order valence-electron chi connectivity index (χ3n) is 4.77. The van der Waals surface area contributed by atoms with Gasteiger partial charge in [-0.15, -0.1) is 0 Å². The molecule has 0 aliphatic carbocycles. The lowest BCUT2D eigenvalue weighted by molar-refractivity contribution is -0.227. The van der Waals surface area contributed by atoms with E-state index in [2.05, 4.69) is 5.09 Å². The fraction of sp³-hybridized carbons (Fsp3) is 1.00. The molecular formula is C19H39NO10P2. The van der Waals surface area contributed by atoms with Gasteiger partial charge < -0.3 is 28.0 Å². The molecule has 2 aliphatic heterocycles. The summed E-state index contributed by atoms with van der Waals surface area (Å²) in [7, 11) is -6.35. The Kier molecular flexibility index (Phi) is 10.8. The van der Waals surface area contributed by atoms with Crippen LogP contribution in [0.15, 0.2) is 0 Å². The van der Waals surface area contributed by atoms with Crippen LogP contribution in [0, 0.1) is 0 Å². The van der Waals surface area contributed by atoms with E-state index in [4.69, 9.17) is 37.0 Å². The minimum absolute atomic E-state index is 0.1000. The molecule has 0 bridgehead atoms. The van der Waals surface area contributed by atoms with Crippen LogP contribution in [0.1, 0.15) is 54.4 Å². The molecule has 2 aliphatic rings. The second-order valence-corrected chi connectivity index (χ2v) is 11.8. The van der Waals surface area contributed by atoms with Gasteiger partial charge in [0.15, 0.2) is 12.1 Å². The van der Waals surface area contributed by atoms with Crippen molar-refractivity contribution in [3.05, 3.63) is 0 Å². The summed E-state index contributed by atoms with van der Waals surface area (Å²) in [6.45, 7) is 11.2. The first-order valence-electron chi connectivity index (χ1n) is 11.2. The summed E-state index contributed by atoms with van der Waals surface area (Å²) >= 11 is 0.